The van der Waals surface area contributed by atoms with Crippen LogP contribution >= 0.6 is 23.2 Å². The molecule has 0 saturated heterocycles. The van der Waals surface area contributed by atoms with Crippen LogP contribution in [-0.4, -0.2) is 16.8 Å². The highest BCUT2D eigenvalue weighted by atomic mass is 35.5. The molecule has 0 rings (SSSR count). The summed E-state index contributed by atoms with van der Waals surface area (Å²) < 4.78 is 0. The van der Waals surface area contributed by atoms with Crippen LogP contribution in [0.25, 0.3) is 0 Å². The maximum Gasteiger partial charge on any atom is 0.330 e. The first kappa shape index (κ1) is 13.5. The quantitative estimate of drug-likeness (QED) is 0.366. The number of hydrogen-bond donors (Lipinski definition) is 2. The molecule has 0 radical (unpaired) electrons. The van der Waals surface area contributed by atoms with E-state index in [9.17, 15) is 14.4 Å². The Labute approximate surface area is 78.7 Å². The lowest BCUT2D eigenvalue weighted by molar-refractivity contribution is 0.233. The SMILES string of the molecule is C=C.O=C(Cl)NC(=O)NC(=O)Cl. The van der Waals surface area contributed by atoms with Crippen LogP contribution in [0.5, 0.6) is 0 Å². The van der Waals surface area contributed by atoms with Gasteiger partial charge in [0.05, 0.1) is 0 Å². The van der Waals surface area contributed by atoms with E-state index in [0.29, 0.717) is 0 Å². The molecule has 0 aliphatic rings. The van der Waals surface area contributed by atoms with Gasteiger partial charge >= 0.3 is 16.8 Å². The van der Waals surface area contributed by atoms with Gasteiger partial charge in [0.1, 0.15) is 0 Å². The molecule has 0 heterocycles. The van der Waals surface area contributed by atoms with Crippen molar-refractivity contribution in [2.45, 2.75) is 0 Å². The number of amides is 4. The van der Waals surface area contributed by atoms with Crippen LogP contribution < -0.4 is 10.6 Å². The van der Waals surface area contributed by atoms with Gasteiger partial charge in [-0.15, -0.1) is 13.2 Å². The summed E-state index contributed by atoms with van der Waals surface area (Å²) in [5, 5.41) is 0.915. The van der Waals surface area contributed by atoms with E-state index >= 15 is 0 Å². The van der Waals surface area contributed by atoms with Crippen molar-refractivity contribution >= 4 is 40.0 Å². The van der Waals surface area contributed by atoms with Crippen LogP contribution in [0.1, 0.15) is 0 Å². The summed E-state index contributed by atoms with van der Waals surface area (Å²) in [6.45, 7) is 6.00. The summed E-state index contributed by atoms with van der Waals surface area (Å²) in [7, 11) is 0. The summed E-state index contributed by atoms with van der Waals surface area (Å²) in [5.74, 6) is 0. The molecule has 0 spiro atoms. The van der Waals surface area contributed by atoms with Crippen LogP contribution in [-0.2, 0) is 0 Å². The zero-order valence-corrected chi connectivity index (χ0v) is 7.41. The smallest absolute Gasteiger partial charge is 0.264 e. The predicted molar refractivity (Wildman–Crippen MR) is 45.4 cm³/mol. The number of rotatable bonds is 0. The Balaban J connectivity index is 0. The number of urea groups is 1. The molecule has 0 fully saturated rings. The third-order valence-corrected chi connectivity index (χ3v) is 0.613. The van der Waals surface area contributed by atoms with Crippen LogP contribution in [0, 0.1) is 0 Å². The topological polar surface area (TPSA) is 75.3 Å². The highest BCUT2D eigenvalue weighted by Crippen LogP contribution is 1.79. The van der Waals surface area contributed by atoms with Gasteiger partial charge in [-0.25, -0.2) is 4.79 Å². The third kappa shape index (κ3) is 11.7. The summed E-state index contributed by atoms with van der Waals surface area (Å²) in [6.07, 6.45) is 0. The summed E-state index contributed by atoms with van der Waals surface area (Å²) >= 11 is 9.38. The van der Waals surface area contributed by atoms with Crippen molar-refractivity contribution in [2.24, 2.45) is 0 Å². The Hall–Kier alpha value is -1.07. The van der Waals surface area contributed by atoms with Crippen molar-refractivity contribution in [3.8, 4) is 0 Å². The van der Waals surface area contributed by atoms with Crippen LogP contribution in [0.3, 0.4) is 0 Å². The molecular weight excluding hydrogens is 207 g/mol. The molecule has 12 heavy (non-hydrogen) atoms. The predicted octanol–water partition coefficient (Wildman–Crippen LogP) is 1.81. The Bertz CT molecular complexity index is 177. The Kier molecular flexibility index (Phi) is 9.04. The van der Waals surface area contributed by atoms with E-state index in [1.165, 1.54) is 0 Å². The van der Waals surface area contributed by atoms with Crippen molar-refractivity contribution in [3.05, 3.63) is 13.2 Å². The van der Waals surface area contributed by atoms with Gasteiger partial charge in [0.15, 0.2) is 0 Å². The van der Waals surface area contributed by atoms with Crippen LogP contribution in [0.4, 0.5) is 14.4 Å². The van der Waals surface area contributed by atoms with Gasteiger partial charge in [-0.3, -0.25) is 20.2 Å². The van der Waals surface area contributed by atoms with Crippen LogP contribution in [0.15, 0.2) is 13.2 Å². The van der Waals surface area contributed by atoms with E-state index in [0.717, 1.165) is 0 Å². The van der Waals surface area contributed by atoms with E-state index in [1.54, 1.807) is 10.6 Å². The van der Waals surface area contributed by atoms with E-state index in [-0.39, 0.29) is 0 Å². The Morgan fingerprint density at radius 1 is 0.917 bits per heavy atom. The molecule has 0 bridgehead atoms. The largest absolute Gasteiger partial charge is 0.330 e. The fourth-order valence-electron chi connectivity index (χ4n) is 0.210. The van der Waals surface area contributed by atoms with Crippen molar-refractivity contribution in [2.75, 3.05) is 0 Å². The first-order valence-electron chi connectivity index (χ1n) is 2.49. The standard InChI is InChI=1S/C3H2Cl2N2O3.C2H4/c4-1(8)6-3(10)7-2(5)9;1-2/h(H2,6,7,8,9,10);1-2H2. The number of carbonyl (C=O) groups is 3. The fraction of sp³-hybridized carbons (Fsp3) is 0. The van der Waals surface area contributed by atoms with E-state index < -0.39 is 16.8 Å². The van der Waals surface area contributed by atoms with E-state index in [4.69, 9.17) is 23.2 Å². The monoisotopic (exact) mass is 212 g/mol. The zero-order valence-electron chi connectivity index (χ0n) is 5.89. The highest BCUT2D eigenvalue weighted by Gasteiger charge is 2.05. The summed E-state index contributed by atoms with van der Waals surface area (Å²) in [6, 6.07) is -1.06. The number of carbonyl (C=O) groups excluding carboxylic acids is 3. The zero-order chi connectivity index (χ0) is 10.1. The van der Waals surface area contributed by atoms with Gasteiger partial charge in [0.2, 0.25) is 0 Å². The van der Waals surface area contributed by atoms with Gasteiger partial charge in [0.25, 0.3) is 0 Å². The second-order valence-corrected chi connectivity index (χ2v) is 1.81. The number of hydrogen-bond acceptors (Lipinski definition) is 3. The molecule has 0 aliphatic heterocycles. The van der Waals surface area contributed by atoms with Gasteiger partial charge in [-0.2, -0.15) is 0 Å². The molecule has 0 aromatic carbocycles. The molecule has 0 aliphatic carbocycles. The molecule has 0 aromatic heterocycles. The lowest BCUT2D eigenvalue weighted by Gasteiger charge is -1.95. The minimum absolute atomic E-state index is 1.06. The van der Waals surface area contributed by atoms with Crippen LogP contribution in [0.2, 0.25) is 0 Å². The summed E-state index contributed by atoms with van der Waals surface area (Å²) in [4.78, 5) is 30.0. The molecule has 5 nitrogen and oxygen atoms in total. The number of imide groups is 2. The molecule has 4 amide bonds. The number of halogens is 2. The van der Waals surface area contributed by atoms with E-state index in [2.05, 4.69) is 13.2 Å². The van der Waals surface area contributed by atoms with Gasteiger partial charge in [0, 0.05) is 0 Å². The van der Waals surface area contributed by atoms with Gasteiger partial charge in [-0.05, 0) is 23.2 Å². The maximum atomic E-state index is 10.2. The fourth-order valence-corrected chi connectivity index (χ4v) is 0.381. The van der Waals surface area contributed by atoms with Gasteiger partial charge < -0.3 is 0 Å². The van der Waals surface area contributed by atoms with Crippen molar-refractivity contribution in [1.29, 1.82) is 0 Å². The number of nitrogens with one attached hydrogen (secondary N) is 2. The highest BCUT2D eigenvalue weighted by molar-refractivity contribution is 6.66. The second kappa shape index (κ2) is 8.03. The van der Waals surface area contributed by atoms with Crippen molar-refractivity contribution in [1.82, 2.24) is 10.6 Å². The first-order chi connectivity index (χ1) is 5.52. The third-order valence-electron chi connectivity index (χ3n) is 0.424. The minimum atomic E-state index is -1.09. The maximum absolute atomic E-state index is 10.2. The molecular formula is C5H6Cl2N2O3. The lowest BCUT2D eigenvalue weighted by atomic mass is 10.9. The average Bonchev–Trinajstić information content (AvgIpc) is 1.87. The Morgan fingerprint density at radius 3 is 1.33 bits per heavy atom. The molecule has 0 atom stereocenters. The normalized spacial score (nSPS) is 7.17. The minimum Gasteiger partial charge on any atom is -0.264 e. The lowest BCUT2D eigenvalue weighted by Crippen LogP contribution is -2.37. The Morgan fingerprint density at radius 2 is 1.17 bits per heavy atom. The first-order valence-corrected chi connectivity index (χ1v) is 3.25. The van der Waals surface area contributed by atoms with Crippen molar-refractivity contribution < 1.29 is 14.4 Å². The molecule has 0 unspecified atom stereocenters. The molecule has 7 heteroatoms. The van der Waals surface area contributed by atoms with Crippen molar-refractivity contribution in [3.63, 3.8) is 0 Å². The molecule has 68 valence electrons. The van der Waals surface area contributed by atoms with Gasteiger partial charge in [-0.1, -0.05) is 0 Å². The molecule has 2 N–H and O–H groups in total. The molecule has 0 aromatic rings. The summed E-state index contributed by atoms with van der Waals surface area (Å²) in [5.41, 5.74) is 0. The van der Waals surface area contributed by atoms with E-state index in [1.807, 2.05) is 0 Å². The second-order valence-electron chi connectivity index (χ2n) is 1.13. The molecule has 0 saturated carbocycles. The average molecular weight is 213 g/mol.